The number of nitrogens with one attached hydrogen (secondary N) is 1. The molecule has 0 heterocycles. The lowest BCUT2D eigenvalue weighted by atomic mass is 10.2. The Bertz CT molecular complexity index is 720. The third kappa shape index (κ3) is 4.39. The molecule has 0 aliphatic rings. The molecule has 0 fully saturated rings. The average Bonchev–Trinajstić information content (AvgIpc) is 2.56. The van der Waals surface area contributed by atoms with E-state index in [-0.39, 0.29) is 5.75 Å². The van der Waals surface area contributed by atoms with Gasteiger partial charge in [-0.1, -0.05) is 30.3 Å². The van der Waals surface area contributed by atoms with Crippen LogP contribution in [-0.4, -0.2) is 22.5 Å². The molecule has 2 rings (SSSR count). The number of amides is 1. The smallest absolute Gasteiger partial charge is 0.239 e. The zero-order valence-electron chi connectivity index (χ0n) is 12.9. The molecule has 0 aliphatic heterocycles. The first kappa shape index (κ1) is 17.1. The summed E-state index contributed by atoms with van der Waals surface area (Å²) in [7, 11) is -0.0265. The molecule has 2 atom stereocenters. The number of ether oxygens (including phenoxy) is 1. The number of methoxy groups -OCH3 is 1. The Labute approximate surface area is 137 Å². The van der Waals surface area contributed by atoms with E-state index in [1.807, 2.05) is 0 Å². The summed E-state index contributed by atoms with van der Waals surface area (Å²) in [6, 6.07) is 13.1. The molecular weight excluding hydrogens is 317 g/mol. The van der Waals surface area contributed by atoms with Gasteiger partial charge in [-0.05, 0) is 25.1 Å². The molecule has 0 aromatic heterocycles. The summed E-state index contributed by atoms with van der Waals surface area (Å²) < 4.78 is 31.1. The van der Waals surface area contributed by atoms with E-state index in [2.05, 4.69) is 5.32 Å². The van der Waals surface area contributed by atoms with Crippen LogP contribution in [0.1, 0.15) is 12.5 Å². The van der Waals surface area contributed by atoms with Crippen LogP contribution in [0.2, 0.25) is 0 Å². The Balaban J connectivity index is 2.04. The molecule has 0 bridgehead atoms. The van der Waals surface area contributed by atoms with Crippen molar-refractivity contribution in [3.63, 3.8) is 0 Å². The van der Waals surface area contributed by atoms with Crippen molar-refractivity contribution in [2.24, 2.45) is 0 Å². The number of hydrogen-bond acceptors (Lipinski definition) is 3. The fourth-order valence-corrected chi connectivity index (χ4v) is 3.08. The number of carbonyl (C=O) groups is 1. The van der Waals surface area contributed by atoms with E-state index in [1.54, 1.807) is 49.4 Å². The molecule has 4 nitrogen and oxygen atoms in total. The number of carbonyl (C=O) groups excluding carboxylic acids is 1. The highest BCUT2D eigenvalue weighted by Crippen LogP contribution is 2.23. The Kier molecular flexibility index (Phi) is 5.87. The van der Waals surface area contributed by atoms with Crippen LogP contribution >= 0.6 is 0 Å². The largest absolute Gasteiger partial charge is 0.495 e. The SMILES string of the molecule is COc1ccccc1NC(=O)[C@@H](C)[S@@](=O)Cc1ccccc1F. The van der Waals surface area contributed by atoms with Gasteiger partial charge in [-0.25, -0.2) is 4.39 Å². The first-order valence-corrected chi connectivity index (χ1v) is 8.45. The van der Waals surface area contributed by atoms with E-state index in [0.29, 0.717) is 17.0 Å². The minimum atomic E-state index is -1.53. The van der Waals surface area contributed by atoms with E-state index in [9.17, 15) is 13.4 Å². The molecule has 2 aromatic carbocycles. The van der Waals surface area contributed by atoms with Crippen LogP contribution in [0, 0.1) is 5.82 Å². The lowest BCUT2D eigenvalue weighted by Gasteiger charge is -2.14. The third-order valence-corrected chi connectivity index (χ3v) is 4.98. The van der Waals surface area contributed by atoms with Crippen molar-refractivity contribution in [1.29, 1.82) is 0 Å². The Morgan fingerprint density at radius 2 is 1.87 bits per heavy atom. The van der Waals surface area contributed by atoms with Crippen molar-refractivity contribution in [2.45, 2.75) is 17.9 Å². The molecule has 0 saturated carbocycles. The minimum Gasteiger partial charge on any atom is -0.495 e. The van der Waals surface area contributed by atoms with Crippen LogP contribution in [0.4, 0.5) is 10.1 Å². The van der Waals surface area contributed by atoms with E-state index < -0.39 is 27.8 Å². The van der Waals surface area contributed by atoms with Gasteiger partial charge in [-0.2, -0.15) is 0 Å². The standard InChI is InChI=1S/C17H18FNO3S/c1-12(23(21)11-13-7-3-4-8-14(13)18)17(20)19-15-9-5-6-10-16(15)22-2/h3-10,12H,11H2,1-2H3,(H,19,20)/t12-,23+/m1/s1. The van der Waals surface area contributed by atoms with Gasteiger partial charge in [-0.3, -0.25) is 9.00 Å². The first-order valence-electron chi connectivity index (χ1n) is 7.07. The second-order valence-electron chi connectivity index (χ2n) is 4.95. The van der Waals surface area contributed by atoms with Gasteiger partial charge < -0.3 is 10.1 Å². The normalized spacial score (nSPS) is 13.2. The van der Waals surface area contributed by atoms with Crippen LogP contribution in [0.15, 0.2) is 48.5 Å². The fourth-order valence-electron chi connectivity index (χ4n) is 2.00. The summed E-state index contributed by atoms with van der Waals surface area (Å²) in [6.07, 6.45) is 0. The van der Waals surface area contributed by atoms with Crippen LogP contribution in [0.5, 0.6) is 5.75 Å². The maximum absolute atomic E-state index is 13.6. The van der Waals surface area contributed by atoms with Gasteiger partial charge in [0.05, 0.1) is 18.6 Å². The number of benzene rings is 2. The van der Waals surface area contributed by atoms with Crippen molar-refractivity contribution in [3.05, 3.63) is 59.9 Å². The molecule has 0 unspecified atom stereocenters. The Morgan fingerprint density at radius 3 is 2.57 bits per heavy atom. The molecule has 1 amide bonds. The maximum Gasteiger partial charge on any atom is 0.239 e. The minimum absolute atomic E-state index is 0.00676. The molecule has 1 N–H and O–H groups in total. The molecule has 0 saturated heterocycles. The van der Waals surface area contributed by atoms with Gasteiger partial charge in [0.2, 0.25) is 5.91 Å². The summed E-state index contributed by atoms with van der Waals surface area (Å²) in [5.74, 6) is -0.303. The zero-order valence-corrected chi connectivity index (χ0v) is 13.7. The second-order valence-corrected chi connectivity index (χ2v) is 6.71. The third-order valence-electron chi connectivity index (χ3n) is 3.38. The van der Waals surface area contributed by atoms with Crippen LogP contribution in [-0.2, 0) is 21.3 Å². The highest BCUT2D eigenvalue weighted by atomic mass is 32.2. The van der Waals surface area contributed by atoms with E-state index in [0.717, 1.165) is 0 Å². The fraction of sp³-hybridized carbons (Fsp3) is 0.235. The predicted octanol–water partition coefficient (Wildman–Crippen LogP) is 3.11. The van der Waals surface area contributed by atoms with Crippen molar-refractivity contribution in [1.82, 2.24) is 0 Å². The number of hydrogen-bond donors (Lipinski definition) is 1. The molecule has 2 aromatic rings. The molecule has 0 aliphatic carbocycles. The van der Waals surface area contributed by atoms with Gasteiger partial charge in [-0.15, -0.1) is 0 Å². The Morgan fingerprint density at radius 1 is 1.22 bits per heavy atom. The van der Waals surface area contributed by atoms with Gasteiger partial charge in [0.1, 0.15) is 16.8 Å². The number of anilines is 1. The number of halogens is 1. The molecular formula is C17H18FNO3S. The Hall–Kier alpha value is -2.21. The quantitative estimate of drug-likeness (QED) is 0.882. The monoisotopic (exact) mass is 335 g/mol. The number of rotatable bonds is 6. The molecule has 0 spiro atoms. The lowest BCUT2D eigenvalue weighted by molar-refractivity contribution is -0.115. The van der Waals surface area contributed by atoms with Crippen LogP contribution in [0.25, 0.3) is 0 Å². The maximum atomic E-state index is 13.6. The van der Waals surface area contributed by atoms with Gasteiger partial charge in [0.25, 0.3) is 0 Å². The molecule has 23 heavy (non-hydrogen) atoms. The lowest BCUT2D eigenvalue weighted by Crippen LogP contribution is -2.30. The van der Waals surface area contributed by atoms with Crippen LogP contribution in [0.3, 0.4) is 0 Å². The second kappa shape index (κ2) is 7.87. The van der Waals surface area contributed by atoms with Crippen LogP contribution < -0.4 is 10.1 Å². The highest BCUT2D eigenvalue weighted by molar-refractivity contribution is 7.85. The van der Waals surface area contributed by atoms with Crippen molar-refractivity contribution < 1.29 is 18.1 Å². The van der Waals surface area contributed by atoms with Crippen molar-refractivity contribution in [3.8, 4) is 5.75 Å². The van der Waals surface area contributed by atoms with E-state index in [1.165, 1.54) is 13.2 Å². The van der Waals surface area contributed by atoms with E-state index in [4.69, 9.17) is 4.74 Å². The van der Waals surface area contributed by atoms with Gasteiger partial charge >= 0.3 is 0 Å². The summed E-state index contributed by atoms with van der Waals surface area (Å²) in [6.45, 7) is 1.56. The average molecular weight is 335 g/mol. The van der Waals surface area contributed by atoms with Crippen molar-refractivity contribution in [2.75, 3.05) is 12.4 Å². The molecule has 0 radical (unpaired) electrons. The van der Waals surface area contributed by atoms with Gasteiger partial charge in [0.15, 0.2) is 0 Å². The summed E-state index contributed by atoms with van der Waals surface area (Å²) in [5, 5.41) is 1.91. The van der Waals surface area contributed by atoms with Gasteiger partial charge in [0, 0.05) is 16.4 Å². The summed E-state index contributed by atoms with van der Waals surface area (Å²) >= 11 is 0. The molecule has 6 heteroatoms. The van der Waals surface area contributed by atoms with Crippen molar-refractivity contribution >= 4 is 22.4 Å². The molecule has 122 valence electrons. The zero-order chi connectivity index (χ0) is 16.8. The topological polar surface area (TPSA) is 55.4 Å². The van der Waals surface area contributed by atoms with E-state index >= 15 is 0 Å². The number of para-hydroxylation sites is 2. The first-order chi connectivity index (χ1) is 11.0. The summed E-state index contributed by atoms with van der Waals surface area (Å²) in [5.41, 5.74) is 0.845. The predicted molar refractivity (Wildman–Crippen MR) is 89.3 cm³/mol. The summed E-state index contributed by atoms with van der Waals surface area (Å²) in [4.78, 5) is 12.2. The highest BCUT2D eigenvalue weighted by Gasteiger charge is 2.22.